The van der Waals surface area contributed by atoms with E-state index < -0.39 is 11.9 Å². The lowest BCUT2D eigenvalue weighted by atomic mass is 10.1. The number of carbonyl (C=O) groups excluding carboxylic acids is 2. The fraction of sp³-hybridized carbons (Fsp3) is 0.190. The number of para-hydroxylation sites is 2. The molecule has 0 unspecified atom stereocenters. The minimum Gasteiger partial charge on any atom is -0.466 e. The number of hydrogen-bond acceptors (Lipinski definition) is 8. The van der Waals surface area contributed by atoms with E-state index in [1.807, 2.05) is 0 Å². The summed E-state index contributed by atoms with van der Waals surface area (Å²) in [5.74, 6) is -0.532. The number of hydrogen-bond donors (Lipinski definition) is 0. The van der Waals surface area contributed by atoms with Crippen molar-refractivity contribution in [2.24, 2.45) is 0 Å². The molecule has 0 N–H and O–H groups in total. The SMILES string of the molecule is COC(=O)C1=C(C(=O)OC)N(c2ccccc2Oc2cccc(C#N)c2)COC1. The van der Waals surface area contributed by atoms with Crippen LogP contribution < -0.4 is 9.64 Å². The standard InChI is InChI=1S/C21H18N2O6/c1-26-20(24)16-12-28-13-23(19(16)21(25)27-2)17-8-3-4-9-18(17)29-15-7-5-6-14(10-15)11-22/h3-10H,12-13H2,1-2H3. The van der Waals surface area contributed by atoms with E-state index >= 15 is 0 Å². The van der Waals surface area contributed by atoms with Crippen LogP contribution in [0.25, 0.3) is 0 Å². The van der Waals surface area contributed by atoms with E-state index in [4.69, 9.17) is 24.2 Å². The van der Waals surface area contributed by atoms with E-state index in [0.29, 0.717) is 22.7 Å². The summed E-state index contributed by atoms with van der Waals surface area (Å²) < 4.78 is 21.1. The van der Waals surface area contributed by atoms with Gasteiger partial charge in [0.2, 0.25) is 0 Å². The van der Waals surface area contributed by atoms with Gasteiger partial charge in [0.25, 0.3) is 0 Å². The number of anilines is 1. The molecule has 0 spiro atoms. The van der Waals surface area contributed by atoms with Crippen molar-refractivity contribution in [1.82, 2.24) is 0 Å². The summed E-state index contributed by atoms with van der Waals surface area (Å²) in [5, 5.41) is 9.08. The summed E-state index contributed by atoms with van der Waals surface area (Å²) in [4.78, 5) is 26.1. The molecule has 0 aromatic heterocycles. The Morgan fingerprint density at radius 1 is 1.07 bits per heavy atom. The first-order valence-electron chi connectivity index (χ1n) is 8.61. The minimum absolute atomic E-state index is 0.00351. The number of rotatable bonds is 5. The van der Waals surface area contributed by atoms with Gasteiger partial charge in [0.05, 0.1) is 43.7 Å². The van der Waals surface area contributed by atoms with Crippen molar-refractivity contribution in [2.45, 2.75) is 0 Å². The zero-order valence-electron chi connectivity index (χ0n) is 15.9. The number of esters is 2. The van der Waals surface area contributed by atoms with Crippen LogP contribution in [0.1, 0.15) is 5.56 Å². The lowest BCUT2D eigenvalue weighted by Gasteiger charge is -2.32. The maximum absolute atomic E-state index is 12.5. The Hall–Kier alpha value is -3.83. The van der Waals surface area contributed by atoms with Crippen LogP contribution in [0.15, 0.2) is 59.8 Å². The second-order valence-corrected chi connectivity index (χ2v) is 5.93. The molecule has 0 atom stereocenters. The molecule has 2 aromatic carbocycles. The lowest BCUT2D eigenvalue weighted by Crippen LogP contribution is -2.38. The average molecular weight is 394 g/mol. The summed E-state index contributed by atoms with van der Waals surface area (Å²) >= 11 is 0. The molecule has 0 aliphatic carbocycles. The fourth-order valence-corrected chi connectivity index (χ4v) is 2.86. The maximum Gasteiger partial charge on any atom is 0.355 e. The first-order valence-corrected chi connectivity index (χ1v) is 8.61. The molecular formula is C21H18N2O6. The Labute approximate surface area is 167 Å². The zero-order valence-corrected chi connectivity index (χ0v) is 15.9. The maximum atomic E-state index is 12.5. The summed E-state index contributed by atoms with van der Waals surface area (Å²) in [6.07, 6.45) is 0. The molecule has 3 rings (SSSR count). The lowest BCUT2D eigenvalue weighted by molar-refractivity contribution is -0.140. The summed E-state index contributed by atoms with van der Waals surface area (Å²) in [5.41, 5.74) is 1.00. The Morgan fingerprint density at radius 2 is 1.83 bits per heavy atom. The molecule has 0 fully saturated rings. The second kappa shape index (κ2) is 8.91. The van der Waals surface area contributed by atoms with E-state index in [1.54, 1.807) is 48.5 Å². The van der Waals surface area contributed by atoms with Crippen LogP contribution in [0.2, 0.25) is 0 Å². The number of carbonyl (C=O) groups is 2. The van der Waals surface area contributed by atoms with E-state index in [0.717, 1.165) is 0 Å². The van der Waals surface area contributed by atoms with E-state index in [1.165, 1.54) is 19.1 Å². The monoisotopic (exact) mass is 394 g/mol. The van der Waals surface area contributed by atoms with Crippen LogP contribution in [0.3, 0.4) is 0 Å². The van der Waals surface area contributed by atoms with Crippen LogP contribution >= 0.6 is 0 Å². The number of methoxy groups -OCH3 is 2. The predicted octanol–water partition coefficient (Wildman–Crippen LogP) is 2.74. The van der Waals surface area contributed by atoms with Crippen molar-refractivity contribution < 1.29 is 28.5 Å². The highest BCUT2D eigenvalue weighted by Gasteiger charge is 2.33. The van der Waals surface area contributed by atoms with Gasteiger partial charge in [-0.05, 0) is 30.3 Å². The van der Waals surface area contributed by atoms with Crippen LogP contribution in [-0.4, -0.2) is 39.5 Å². The molecule has 148 valence electrons. The first-order chi connectivity index (χ1) is 14.1. The highest BCUT2D eigenvalue weighted by atomic mass is 16.5. The van der Waals surface area contributed by atoms with Gasteiger partial charge in [-0.25, -0.2) is 9.59 Å². The molecule has 0 radical (unpaired) electrons. The second-order valence-electron chi connectivity index (χ2n) is 5.93. The number of nitriles is 1. The van der Waals surface area contributed by atoms with Gasteiger partial charge in [0.15, 0.2) is 5.75 Å². The van der Waals surface area contributed by atoms with Crippen molar-refractivity contribution in [2.75, 3.05) is 32.5 Å². The molecule has 2 aromatic rings. The molecule has 1 heterocycles. The van der Waals surface area contributed by atoms with Gasteiger partial charge in [-0.1, -0.05) is 18.2 Å². The Kier molecular flexibility index (Phi) is 6.12. The quantitative estimate of drug-likeness (QED) is 0.714. The van der Waals surface area contributed by atoms with Gasteiger partial charge in [-0.3, -0.25) is 0 Å². The Morgan fingerprint density at radius 3 is 2.55 bits per heavy atom. The molecular weight excluding hydrogens is 376 g/mol. The van der Waals surface area contributed by atoms with Crippen molar-refractivity contribution >= 4 is 17.6 Å². The minimum atomic E-state index is -0.699. The topological polar surface area (TPSA) is 98.1 Å². The number of nitrogens with zero attached hydrogens (tertiary/aromatic N) is 2. The number of benzene rings is 2. The summed E-state index contributed by atoms with van der Waals surface area (Å²) in [6, 6.07) is 15.7. The molecule has 1 aliphatic rings. The molecule has 0 saturated carbocycles. The van der Waals surface area contributed by atoms with E-state index in [2.05, 4.69) is 6.07 Å². The van der Waals surface area contributed by atoms with E-state index in [9.17, 15) is 9.59 Å². The van der Waals surface area contributed by atoms with Gasteiger partial charge in [-0.15, -0.1) is 0 Å². The van der Waals surface area contributed by atoms with Gasteiger partial charge in [-0.2, -0.15) is 5.26 Å². The van der Waals surface area contributed by atoms with Crippen molar-refractivity contribution in [3.63, 3.8) is 0 Å². The molecule has 0 amide bonds. The normalized spacial score (nSPS) is 13.5. The van der Waals surface area contributed by atoms with Crippen LogP contribution in [-0.2, 0) is 23.8 Å². The first kappa shape index (κ1) is 19.9. The van der Waals surface area contributed by atoms with Gasteiger partial charge < -0.3 is 23.8 Å². The van der Waals surface area contributed by atoms with Gasteiger partial charge >= 0.3 is 11.9 Å². The third-order valence-corrected chi connectivity index (χ3v) is 4.18. The third-order valence-electron chi connectivity index (χ3n) is 4.18. The average Bonchev–Trinajstić information content (AvgIpc) is 2.78. The largest absolute Gasteiger partial charge is 0.466 e. The Bertz CT molecular complexity index is 1010. The van der Waals surface area contributed by atoms with Crippen molar-refractivity contribution in [3.05, 3.63) is 65.4 Å². The van der Waals surface area contributed by atoms with Crippen LogP contribution in [0.4, 0.5) is 5.69 Å². The fourth-order valence-electron chi connectivity index (χ4n) is 2.86. The van der Waals surface area contributed by atoms with Crippen LogP contribution in [0.5, 0.6) is 11.5 Å². The molecule has 29 heavy (non-hydrogen) atoms. The summed E-state index contributed by atoms with van der Waals surface area (Å²) in [7, 11) is 2.45. The van der Waals surface area contributed by atoms with E-state index in [-0.39, 0.29) is 24.6 Å². The highest BCUT2D eigenvalue weighted by molar-refractivity contribution is 6.03. The molecule has 1 aliphatic heterocycles. The molecule has 8 nitrogen and oxygen atoms in total. The van der Waals surface area contributed by atoms with Crippen molar-refractivity contribution in [1.29, 1.82) is 5.26 Å². The number of ether oxygens (including phenoxy) is 4. The van der Waals surface area contributed by atoms with Gasteiger partial charge in [0, 0.05) is 0 Å². The smallest absolute Gasteiger partial charge is 0.355 e. The molecule has 0 bridgehead atoms. The summed E-state index contributed by atoms with van der Waals surface area (Å²) in [6.45, 7) is -0.0790. The predicted molar refractivity (Wildman–Crippen MR) is 102 cm³/mol. The van der Waals surface area contributed by atoms with Gasteiger partial charge in [0.1, 0.15) is 18.2 Å². The zero-order chi connectivity index (χ0) is 20.8. The van der Waals surface area contributed by atoms with Crippen molar-refractivity contribution in [3.8, 4) is 17.6 Å². The molecule has 0 saturated heterocycles. The van der Waals surface area contributed by atoms with Crippen LogP contribution in [0, 0.1) is 11.3 Å². The third kappa shape index (κ3) is 4.20. The molecule has 8 heteroatoms. The Balaban J connectivity index is 2.06. The highest BCUT2D eigenvalue weighted by Crippen LogP contribution is 2.36.